The lowest BCUT2D eigenvalue weighted by Gasteiger charge is -2.19. The Labute approximate surface area is 291 Å². The van der Waals surface area contributed by atoms with Gasteiger partial charge in [-0.3, -0.25) is 14.4 Å². The lowest BCUT2D eigenvalue weighted by atomic mass is 10.1. The average Bonchev–Trinajstić information content (AvgIpc) is 3.12. The molecule has 0 aliphatic rings. The standard InChI is InChI=1S/C39H32F3N3O4S/c1-2-49-34-20-12-9-17-28(34)25-33(45-36(46)27-15-7-4-8-16-27)37(47)43-29-21-23-30(24-22-29)50-35(26-13-5-3-6-14-26)38(48)44-32-19-11-10-18-31(32)39(40,41)42/h3-25,35H,2H2,1H3,(H,43,47)(H,44,48)(H,45,46)/b33-25-. The van der Waals surface area contributed by atoms with E-state index < -0.39 is 34.7 Å². The Morgan fingerprint density at radius 2 is 1.38 bits per heavy atom. The van der Waals surface area contributed by atoms with Crippen molar-refractivity contribution in [1.82, 2.24) is 5.32 Å². The summed E-state index contributed by atoms with van der Waals surface area (Å²) in [6, 6.07) is 35.8. The van der Waals surface area contributed by atoms with Crippen molar-refractivity contribution < 1.29 is 32.3 Å². The van der Waals surface area contributed by atoms with Gasteiger partial charge in [0, 0.05) is 21.7 Å². The number of halogens is 3. The molecule has 5 rings (SSSR count). The Hall–Kier alpha value is -5.81. The number of hydrogen-bond donors (Lipinski definition) is 3. The second-order valence-electron chi connectivity index (χ2n) is 10.8. The van der Waals surface area contributed by atoms with Crippen LogP contribution in [-0.4, -0.2) is 24.3 Å². The summed E-state index contributed by atoms with van der Waals surface area (Å²) < 4.78 is 46.6. The predicted molar refractivity (Wildman–Crippen MR) is 190 cm³/mol. The van der Waals surface area contributed by atoms with Crippen LogP contribution in [0.15, 0.2) is 144 Å². The fourth-order valence-electron chi connectivity index (χ4n) is 4.87. The number of alkyl halides is 3. The van der Waals surface area contributed by atoms with Gasteiger partial charge in [0.05, 0.1) is 17.9 Å². The van der Waals surface area contributed by atoms with Gasteiger partial charge in [0.25, 0.3) is 11.8 Å². The zero-order valence-corrected chi connectivity index (χ0v) is 27.6. The van der Waals surface area contributed by atoms with Crippen LogP contribution in [0.25, 0.3) is 6.08 Å². The van der Waals surface area contributed by atoms with Gasteiger partial charge in [0.2, 0.25) is 5.91 Å². The molecule has 1 unspecified atom stereocenters. The van der Waals surface area contributed by atoms with Crippen LogP contribution in [0.5, 0.6) is 5.75 Å². The average molecular weight is 696 g/mol. The Balaban J connectivity index is 1.36. The van der Waals surface area contributed by atoms with Gasteiger partial charge < -0.3 is 20.7 Å². The van der Waals surface area contributed by atoms with E-state index >= 15 is 0 Å². The van der Waals surface area contributed by atoms with E-state index in [0.29, 0.717) is 39.6 Å². The summed E-state index contributed by atoms with van der Waals surface area (Å²) in [4.78, 5) is 40.8. The lowest BCUT2D eigenvalue weighted by molar-refractivity contribution is -0.137. The fraction of sp³-hybridized carbons (Fsp3) is 0.103. The van der Waals surface area contributed by atoms with E-state index in [1.54, 1.807) is 109 Å². The third-order valence-electron chi connectivity index (χ3n) is 7.24. The Bertz CT molecular complexity index is 1970. The molecule has 7 nitrogen and oxygen atoms in total. The number of carbonyl (C=O) groups excluding carboxylic acids is 3. The van der Waals surface area contributed by atoms with Crippen LogP contribution in [0.1, 0.15) is 39.2 Å². The molecule has 0 heterocycles. The predicted octanol–water partition coefficient (Wildman–Crippen LogP) is 8.99. The quantitative estimate of drug-likeness (QED) is 0.0895. The lowest BCUT2D eigenvalue weighted by Crippen LogP contribution is -2.30. The summed E-state index contributed by atoms with van der Waals surface area (Å²) in [5, 5.41) is 7.07. The van der Waals surface area contributed by atoms with Crippen molar-refractivity contribution >= 4 is 46.9 Å². The first-order chi connectivity index (χ1) is 24.1. The van der Waals surface area contributed by atoms with E-state index in [1.807, 2.05) is 6.92 Å². The van der Waals surface area contributed by atoms with Gasteiger partial charge in [-0.1, -0.05) is 78.9 Å². The number of benzene rings is 5. The van der Waals surface area contributed by atoms with Crippen molar-refractivity contribution in [3.05, 3.63) is 161 Å². The number of nitrogens with one attached hydrogen (secondary N) is 3. The van der Waals surface area contributed by atoms with Crippen LogP contribution >= 0.6 is 11.8 Å². The highest BCUT2D eigenvalue weighted by Crippen LogP contribution is 2.39. The second kappa shape index (κ2) is 16.5. The third-order valence-corrected chi connectivity index (χ3v) is 8.51. The summed E-state index contributed by atoms with van der Waals surface area (Å²) in [7, 11) is 0. The summed E-state index contributed by atoms with van der Waals surface area (Å²) in [5.41, 5.74) is 0.638. The zero-order valence-electron chi connectivity index (χ0n) is 26.7. The van der Waals surface area contributed by atoms with Crippen molar-refractivity contribution in [3.8, 4) is 5.75 Å². The monoisotopic (exact) mass is 695 g/mol. The summed E-state index contributed by atoms with van der Waals surface area (Å²) in [5.74, 6) is -1.16. The van der Waals surface area contributed by atoms with E-state index in [2.05, 4.69) is 16.0 Å². The molecule has 0 spiro atoms. The van der Waals surface area contributed by atoms with Gasteiger partial charge >= 0.3 is 6.18 Å². The molecule has 0 aromatic heterocycles. The highest BCUT2D eigenvalue weighted by Gasteiger charge is 2.34. The molecular formula is C39H32F3N3O4S. The van der Waals surface area contributed by atoms with Gasteiger partial charge in [-0.2, -0.15) is 13.2 Å². The molecule has 5 aromatic carbocycles. The molecule has 5 aromatic rings. The SMILES string of the molecule is CCOc1ccccc1/C=C(\NC(=O)c1ccccc1)C(=O)Nc1ccc(SC(C(=O)Nc2ccccc2C(F)(F)F)c2ccccc2)cc1. The fourth-order valence-corrected chi connectivity index (χ4v) is 5.90. The van der Waals surface area contributed by atoms with Gasteiger partial charge in [-0.05, 0) is 73.2 Å². The Kier molecular flexibility index (Phi) is 11.7. The molecule has 254 valence electrons. The van der Waals surface area contributed by atoms with Crippen molar-refractivity contribution in [2.75, 3.05) is 17.2 Å². The first kappa shape index (κ1) is 35.5. The van der Waals surface area contributed by atoms with E-state index in [9.17, 15) is 27.6 Å². The first-order valence-corrected chi connectivity index (χ1v) is 16.4. The molecule has 0 fully saturated rings. The van der Waals surface area contributed by atoms with Crippen molar-refractivity contribution in [1.29, 1.82) is 0 Å². The molecule has 50 heavy (non-hydrogen) atoms. The summed E-state index contributed by atoms with van der Waals surface area (Å²) >= 11 is 1.14. The molecule has 0 bridgehead atoms. The minimum Gasteiger partial charge on any atom is -0.493 e. The highest BCUT2D eigenvalue weighted by atomic mass is 32.2. The normalized spacial score (nSPS) is 12.0. The first-order valence-electron chi connectivity index (χ1n) is 15.5. The van der Waals surface area contributed by atoms with Crippen molar-refractivity contribution in [2.45, 2.75) is 23.2 Å². The Morgan fingerprint density at radius 3 is 2.06 bits per heavy atom. The number of rotatable bonds is 12. The third kappa shape index (κ3) is 9.42. The second-order valence-corrected chi connectivity index (χ2v) is 11.9. The van der Waals surface area contributed by atoms with E-state index in [0.717, 1.165) is 17.8 Å². The minimum atomic E-state index is -4.65. The van der Waals surface area contributed by atoms with Crippen LogP contribution in [0.2, 0.25) is 0 Å². The molecule has 3 N–H and O–H groups in total. The maximum atomic E-state index is 13.6. The molecule has 1 atom stereocenters. The van der Waals surface area contributed by atoms with Crippen LogP contribution in [-0.2, 0) is 15.8 Å². The van der Waals surface area contributed by atoms with Crippen molar-refractivity contribution in [2.24, 2.45) is 0 Å². The van der Waals surface area contributed by atoms with E-state index in [-0.39, 0.29) is 11.4 Å². The number of carbonyl (C=O) groups is 3. The summed E-state index contributed by atoms with van der Waals surface area (Å²) in [6.45, 7) is 2.25. The molecule has 0 aliphatic carbocycles. The van der Waals surface area contributed by atoms with Crippen LogP contribution < -0.4 is 20.7 Å². The number of hydrogen-bond acceptors (Lipinski definition) is 5. The zero-order chi connectivity index (χ0) is 35.5. The molecule has 0 aliphatic heterocycles. The van der Waals surface area contributed by atoms with Gasteiger partial charge in [-0.15, -0.1) is 11.8 Å². The molecule has 0 radical (unpaired) electrons. The number of thioether (sulfide) groups is 1. The van der Waals surface area contributed by atoms with Crippen LogP contribution in [0.3, 0.4) is 0 Å². The Morgan fingerprint density at radius 1 is 0.760 bits per heavy atom. The van der Waals surface area contributed by atoms with Crippen LogP contribution in [0.4, 0.5) is 24.5 Å². The molecular weight excluding hydrogens is 664 g/mol. The number of anilines is 2. The van der Waals surface area contributed by atoms with E-state index in [4.69, 9.17) is 4.74 Å². The largest absolute Gasteiger partial charge is 0.493 e. The van der Waals surface area contributed by atoms with Gasteiger partial charge in [0.1, 0.15) is 16.7 Å². The maximum Gasteiger partial charge on any atom is 0.418 e. The highest BCUT2D eigenvalue weighted by molar-refractivity contribution is 8.00. The molecule has 11 heteroatoms. The van der Waals surface area contributed by atoms with Crippen molar-refractivity contribution in [3.63, 3.8) is 0 Å². The summed E-state index contributed by atoms with van der Waals surface area (Å²) in [6.07, 6.45) is -3.11. The number of para-hydroxylation sites is 2. The smallest absolute Gasteiger partial charge is 0.418 e. The topological polar surface area (TPSA) is 96.5 Å². The van der Waals surface area contributed by atoms with E-state index in [1.165, 1.54) is 24.3 Å². The van der Waals surface area contributed by atoms with Gasteiger partial charge in [-0.25, -0.2) is 0 Å². The number of amides is 3. The minimum absolute atomic E-state index is 0.0237. The maximum absolute atomic E-state index is 13.6. The molecule has 0 saturated heterocycles. The van der Waals surface area contributed by atoms with Gasteiger partial charge in [0.15, 0.2) is 0 Å². The molecule has 0 saturated carbocycles. The molecule has 3 amide bonds. The van der Waals surface area contributed by atoms with Crippen LogP contribution in [0, 0.1) is 0 Å². The number of ether oxygens (including phenoxy) is 1.